The molecule has 106 valence electrons. The van der Waals surface area contributed by atoms with Crippen molar-refractivity contribution in [2.75, 3.05) is 7.11 Å². The van der Waals surface area contributed by atoms with E-state index in [1.165, 1.54) is 13.2 Å². The Morgan fingerprint density at radius 1 is 1.32 bits per heavy atom. The summed E-state index contributed by atoms with van der Waals surface area (Å²) in [5.41, 5.74) is -0.649. The van der Waals surface area contributed by atoms with E-state index in [4.69, 9.17) is 4.74 Å². The molecule has 0 bridgehead atoms. The average molecular weight is 266 g/mol. The molecule has 0 radical (unpaired) electrons. The van der Waals surface area contributed by atoms with E-state index in [-0.39, 0.29) is 11.2 Å². The van der Waals surface area contributed by atoms with Crippen LogP contribution in [0.2, 0.25) is 0 Å². The maximum atomic E-state index is 14.2. The lowest BCUT2D eigenvalue weighted by Gasteiger charge is -2.45. The van der Waals surface area contributed by atoms with Crippen molar-refractivity contribution >= 4 is 0 Å². The highest BCUT2D eigenvalue weighted by Gasteiger charge is 2.43. The molecular weight excluding hydrogens is 243 g/mol. The number of rotatable bonds is 2. The highest BCUT2D eigenvalue weighted by Crippen LogP contribution is 2.49. The third kappa shape index (κ3) is 2.92. The highest BCUT2D eigenvalue weighted by atomic mass is 19.1. The zero-order chi connectivity index (χ0) is 14.3. The molecule has 1 fully saturated rings. The molecule has 0 amide bonds. The SMILES string of the molecule is COc1ccc(C2(O)CC(C)CC(C)(C)C2)c(F)c1. The van der Waals surface area contributed by atoms with Gasteiger partial charge in [-0.2, -0.15) is 0 Å². The number of aliphatic hydroxyl groups is 1. The zero-order valence-electron chi connectivity index (χ0n) is 12.2. The molecular formula is C16H23FO2. The molecule has 2 atom stereocenters. The predicted octanol–water partition coefficient (Wildman–Crippen LogP) is 3.87. The summed E-state index contributed by atoms with van der Waals surface area (Å²) in [6.45, 7) is 6.39. The summed E-state index contributed by atoms with van der Waals surface area (Å²) in [4.78, 5) is 0. The molecule has 1 aliphatic rings. The first-order valence-corrected chi connectivity index (χ1v) is 6.82. The molecule has 1 N–H and O–H groups in total. The molecule has 0 spiro atoms. The predicted molar refractivity (Wildman–Crippen MR) is 73.6 cm³/mol. The summed E-state index contributed by atoms with van der Waals surface area (Å²) in [5, 5.41) is 10.9. The first kappa shape index (κ1) is 14.3. The van der Waals surface area contributed by atoms with E-state index in [1.54, 1.807) is 12.1 Å². The molecule has 1 aromatic rings. The summed E-state index contributed by atoms with van der Waals surface area (Å²) in [7, 11) is 1.51. The van der Waals surface area contributed by atoms with E-state index >= 15 is 0 Å². The maximum Gasteiger partial charge on any atom is 0.132 e. The fraction of sp³-hybridized carbons (Fsp3) is 0.625. The molecule has 0 aromatic heterocycles. The normalized spacial score (nSPS) is 30.1. The van der Waals surface area contributed by atoms with Crippen LogP contribution in [0.15, 0.2) is 18.2 Å². The largest absolute Gasteiger partial charge is 0.497 e. The monoisotopic (exact) mass is 266 g/mol. The van der Waals surface area contributed by atoms with Gasteiger partial charge in [0.05, 0.1) is 12.7 Å². The van der Waals surface area contributed by atoms with Gasteiger partial charge in [-0.25, -0.2) is 4.39 Å². The van der Waals surface area contributed by atoms with Gasteiger partial charge < -0.3 is 9.84 Å². The molecule has 2 nitrogen and oxygen atoms in total. The summed E-state index contributed by atoms with van der Waals surface area (Å²) < 4.78 is 19.2. The number of ether oxygens (including phenoxy) is 1. The molecule has 1 saturated carbocycles. The van der Waals surface area contributed by atoms with E-state index in [2.05, 4.69) is 20.8 Å². The van der Waals surface area contributed by atoms with Crippen molar-refractivity contribution in [3.8, 4) is 5.75 Å². The van der Waals surface area contributed by atoms with Gasteiger partial charge in [-0.05, 0) is 42.7 Å². The van der Waals surface area contributed by atoms with Crippen molar-refractivity contribution in [2.45, 2.75) is 45.6 Å². The molecule has 0 saturated heterocycles. The topological polar surface area (TPSA) is 29.5 Å². The number of halogens is 1. The molecule has 1 aliphatic carbocycles. The lowest BCUT2D eigenvalue weighted by atomic mass is 9.64. The van der Waals surface area contributed by atoms with Crippen LogP contribution in [-0.4, -0.2) is 12.2 Å². The zero-order valence-corrected chi connectivity index (χ0v) is 12.2. The van der Waals surface area contributed by atoms with E-state index < -0.39 is 5.60 Å². The lowest BCUT2D eigenvalue weighted by Crippen LogP contribution is -2.40. The van der Waals surface area contributed by atoms with Gasteiger partial charge in [0.1, 0.15) is 11.6 Å². The standard InChI is InChI=1S/C16H23FO2/c1-11-8-15(2,3)10-16(18,9-11)13-6-5-12(19-4)7-14(13)17/h5-7,11,18H,8-10H2,1-4H3. The summed E-state index contributed by atoms with van der Waals surface area (Å²) >= 11 is 0. The van der Waals surface area contributed by atoms with Crippen molar-refractivity contribution in [1.29, 1.82) is 0 Å². The molecule has 3 heteroatoms. The van der Waals surface area contributed by atoms with Gasteiger partial charge in [-0.1, -0.05) is 20.8 Å². The van der Waals surface area contributed by atoms with Crippen LogP contribution in [-0.2, 0) is 5.60 Å². The Hall–Kier alpha value is -1.09. The van der Waals surface area contributed by atoms with Crippen LogP contribution in [0, 0.1) is 17.2 Å². The third-order valence-corrected chi connectivity index (χ3v) is 4.04. The number of hydrogen-bond donors (Lipinski definition) is 1. The van der Waals surface area contributed by atoms with Crippen LogP contribution in [0.4, 0.5) is 4.39 Å². The van der Waals surface area contributed by atoms with Gasteiger partial charge in [0.15, 0.2) is 0 Å². The first-order valence-electron chi connectivity index (χ1n) is 6.82. The van der Waals surface area contributed by atoms with Gasteiger partial charge >= 0.3 is 0 Å². The van der Waals surface area contributed by atoms with Crippen molar-refractivity contribution in [1.82, 2.24) is 0 Å². The van der Waals surface area contributed by atoms with Crippen LogP contribution < -0.4 is 4.74 Å². The van der Waals surface area contributed by atoms with Crippen LogP contribution in [0.3, 0.4) is 0 Å². The number of benzene rings is 1. The first-order chi connectivity index (χ1) is 8.76. The van der Waals surface area contributed by atoms with Gasteiger partial charge in [0.2, 0.25) is 0 Å². The van der Waals surface area contributed by atoms with Gasteiger partial charge in [-0.3, -0.25) is 0 Å². The van der Waals surface area contributed by atoms with Crippen LogP contribution in [0.5, 0.6) is 5.75 Å². The Labute approximate surface area is 114 Å². The van der Waals surface area contributed by atoms with Crippen molar-refractivity contribution < 1.29 is 14.2 Å². The molecule has 0 aliphatic heterocycles. The number of hydrogen-bond acceptors (Lipinski definition) is 2. The van der Waals surface area contributed by atoms with Crippen molar-refractivity contribution in [3.63, 3.8) is 0 Å². The Morgan fingerprint density at radius 3 is 2.53 bits per heavy atom. The smallest absolute Gasteiger partial charge is 0.132 e. The molecule has 0 heterocycles. The van der Waals surface area contributed by atoms with Crippen LogP contribution in [0.1, 0.15) is 45.6 Å². The average Bonchev–Trinajstić information content (AvgIpc) is 2.24. The molecule has 2 rings (SSSR count). The fourth-order valence-corrected chi connectivity index (χ4v) is 3.73. The minimum Gasteiger partial charge on any atom is -0.497 e. The highest BCUT2D eigenvalue weighted by molar-refractivity contribution is 5.33. The molecule has 19 heavy (non-hydrogen) atoms. The van der Waals surface area contributed by atoms with E-state index in [1.807, 2.05) is 0 Å². The van der Waals surface area contributed by atoms with E-state index in [0.29, 0.717) is 30.1 Å². The lowest BCUT2D eigenvalue weighted by molar-refractivity contribution is -0.0657. The minimum absolute atomic E-state index is 0.0266. The third-order valence-electron chi connectivity index (χ3n) is 4.04. The fourth-order valence-electron chi connectivity index (χ4n) is 3.73. The Kier molecular flexibility index (Phi) is 3.61. The second kappa shape index (κ2) is 4.78. The Morgan fingerprint density at radius 2 is 2.00 bits per heavy atom. The summed E-state index contributed by atoms with van der Waals surface area (Å²) in [5.74, 6) is 0.481. The number of methoxy groups -OCH3 is 1. The second-order valence-electron chi connectivity index (χ2n) is 6.73. The Balaban J connectivity index is 2.38. The Bertz CT molecular complexity index is 470. The van der Waals surface area contributed by atoms with Crippen molar-refractivity contribution in [2.24, 2.45) is 11.3 Å². The summed E-state index contributed by atoms with van der Waals surface area (Å²) in [6, 6.07) is 4.71. The molecule has 1 aromatic carbocycles. The minimum atomic E-state index is -1.07. The van der Waals surface area contributed by atoms with Gasteiger partial charge in [0, 0.05) is 11.6 Å². The van der Waals surface area contributed by atoms with Crippen LogP contribution >= 0.6 is 0 Å². The maximum absolute atomic E-state index is 14.2. The van der Waals surface area contributed by atoms with Gasteiger partial charge in [0.25, 0.3) is 0 Å². The summed E-state index contributed by atoms with van der Waals surface area (Å²) in [6.07, 6.45) is 2.26. The van der Waals surface area contributed by atoms with Crippen molar-refractivity contribution in [3.05, 3.63) is 29.6 Å². The molecule has 2 unspecified atom stereocenters. The quantitative estimate of drug-likeness (QED) is 0.880. The van der Waals surface area contributed by atoms with Crippen LogP contribution in [0.25, 0.3) is 0 Å². The van der Waals surface area contributed by atoms with E-state index in [0.717, 1.165) is 6.42 Å². The second-order valence-corrected chi connectivity index (χ2v) is 6.73. The van der Waals surface area contributed by atoms with Gasteiger partial charge in [-0.15, -0.1) is 0 Å². The van der Waals surface area contributed by atoms with E-state index in [9.17, 15) is 9.50 Å².